The predicted octanol–water partition coefficient (Wildman–Crippen LogP) is 1.40. The van der Waals surface area contributed by atoms with Gasteiger partial charge in [0.25, 0.3) is 0 Å². The lowest BCUT2D eigenvalue weighted by Crippen LogP contribution is -2.61. The van der Waals surface area contributed by atoms with Gasteiger partial charge < -0.3 is 93.3 Å². The zero-order chi connectivity index (χ0) is 89.6. The molecule has 1 aromatic heterocycles. The van der Waals surface area contributed by atoms with E-state index in [4.69, 9.17) is 5.73 Å². The van der Waals surface area contributed by atoms with E-state index in [2.05, 4.69) is 52.8 Å². The van der Waals surface area contributed by atoms with Crippen LogP contribution in [-0.4, -0.2) is 267 Å². The van der Waals surface area contributed by atoms with E-state index in [1.807, 2.05) is 6.92 Å². The Kier molecular flexibility index (Phi) is 37.0. The minimum absolute atomic E-state index is 0.0424. The normalized spacial score (nSPS) is 22.5. The minimum atomic E-state index is -1.87. The number of hydrogen-bond acceptors (Lipinski definition) is 18. The first-order valence-corrected chi connectivity index (χ1v) is 41.6. The number of nitrogens with two attached hydrogens (primary N) is 1. The number of phenols is 1. The maximum absolute atomic E-state index is 15.5. The highest BCUT2D eigenvalue weighted by Gasteiger charge is 2.42. The van der Waals surface area contributed by atoms with Gasteiger partial charge in [0, 0.05) is 90.2 Å². The molecule has 35 heteroatoms. The van der Waals surface area contributed by atoms with E-state index in [0.717, 1.165) is 26.5 Å². The molecule has 14 N–H and O–H groups in total. The molecule has 1 aliphatic rings. The Labute approximate surface area is 713 Å². The molecule has 0 spiro atoms. The Balaban J connectivity index is 1.30. The fraction of sp³-hybridized carbons (Fsp3) is 0.448. The summed E-state index contributed by atoms with van der Waals surface area (Å²) in [4.78, 5) is 240. The zero-order valence-electron chi connectivity index (χ0n) is 70.6. The van der Waals surface area contributed by atoms with Gasteiger partial charge in [-0.1, -0.05) is 169 Å². The number of primary amides is 1. The van der Waals surface area contributed by atoms with E-state index in [-0.39, 0.29) is 62.4 Å². The molecule has 0 saturated carbocycles. The third kappa shape index (κ3) is 29.1. The van der Waals surface area contributed by atoms with Gasteiger partial charge in [-0.15, -0.1) is 11.8 Å². The maximum Gasteiger partial charge on any atom is 0.305 e. The largest absolute Gasteiger partial charge is 0.508 e. The van der Waals surface area contributed by atoms with Crippen molar-refractivity contribution in [2.24, 2.45) is 17.6 Å². The molecule has 11 atom stereocenters. The number of unbranched alkanes of at least 4 members (excludes halogenated alkanes) is 1. The first-order valence-electron chi connectivity index (χ1n) is 40.4. The van der Waals surface area contributed by atoms with Crippen LogP contribution in [0.4, 0.5) is 0 Å². The summed E-state index contributed by atoms with van der Waals surface area (Å²) in [6.45, 7) is 7.64. The number of carbonyl (C=O) groups is 16. The molecule has 7 rings (SSSR count). The van der Waals surface area contributed by atoms with Crippen molar-refractivity contribution >= 4 is 117 Å². The summed E-state index contributed by atoms with van der Waals surface area (Å²) in [5, 5.41) is 44.9. The van der Waals surface area contributed by atoms with Gasteiger partial charge in [-0.25, -0.2) is 0 Å². The number of carboxylic acid groups (broad SMARTS) is 1. The topological polar surface area (TPSA) is 480 Å². The number of aliphatic carboxylic acids is 1. The van der Waals surface area contributed by atoms with Gasteiger partial charge in [-0.2, -0.15) is 0 Å². The molecule has 0 bridgehead atoms. The van der Waals surface area contributed by atoms with Crippen LogP contribution in [0.3, 0.4) is 0 Å². The Hall–Kier alpha value is -12.7. The SMILES string of the molecule is CCCC[C@H]1C(=O)N(C)CC(=O)N[C@@H](CC(=O)O)C(=O)N[C@@H](C(C)C)C(=O)N(C)[C@@H](Cc2ccccc2)C(=O)N[C@@H](C)C(=O)N(C)CC(=O)N[C@@H](Cc2c[nH]c3ccccc23)C(=O)N[C@@H](Cc2ccc(O)cc2)C(=O)N[C@@H](CC(C)C)C(=O)N[C@@H](C(=O)NCC(N)=O)CSCC(=O)N[C@@H](Cc2ccccc2)C(=O)N(C)[C@@H](Cc2ccccc2)C(=O)N1C. The number of amides is 15. The molecule has 5 aromatic carbocycles. The second-order valence-corrected chi connectivity index (χ2v) is 32.4. The highest BCUT2D eigenvalue weighted by molar-refractivity contribution is 8.00. The molecule has 6 aromatic rings. The molecular weight excluding hydrogens is 1590 g/mol. The molecule has 1 aliphatic heterocycles. The number of carboxylic acids is 1. The van der Waals surface area contributed by atoms with Crippen LogP contribution in [0.5, 0.6) is 5.75 Å². The molecule has 1 saturated heterocycles. The lowest BCUT2D eigenvalue weighted by atomic mass is 9.98. The van der Waals surface area contributed by atoms with E-state index in [1.165, 1.54) is 76.2 Å². The number of aromatic amines is 1. The van der Waals surface area contributed by atoms with Crippen molar-refractivity contribution in [3.05, 3.63) is 174 Å². The summed E-state index contributed by atoms with van der Waals surface area (Å²) in [6.07, 6.45) is 0.595. The molecule has 0 unspecified atom stereocenters. The summed E-state index contributed by atoms with van der Waals surface area (Å²) in [5.41, 5.74) is 8.80. The molecular formula is C87H114N16O18S. The molecule has 0 radical (unpaired) electrons. The Bertz CT molecular complexity index is 4650. The Morgan fingerprint density at radius 3 is 1.55 bits per heavy atom. The fourth-order valence-electron chi connectivity index (χ4n) is 14.0. The molecule has 656 valence electrons. The number of carbonyl (C=O) groups excluding carboxylic acids is 15. The fourth-order valence-corrected chi connectivity index (χ4v) is 14.9. The van der Waals surface area contributed by atoms with Gasteiger partial charge in [0.05, 0.1) is 31.8 Å². The van der Waals surface area contributed by atoms with Gasteiger partial charge in [0.1, 0.15) is 72.2 Å². The van der Waals surface area contributed by atoms with Crippen molar-refractivity contribution in [1.29, 1.82) is 0 Å². The van der Waals surface area contributed by atoms with Crippen molar-refractivity contribution in [2.75, 3.05) is 66.4 Å². The van der Waals surface area contributed by atoms with E-state index < -0.39 is 199 Å². The van der Waals surface area contributed by atoms with Crippen molar-refractivity contribution in [3.8, 4) is 5.75 Å². The number of H-pyrrole nitrogens is 1. The summed E-state index contributed by atoms with van der Waals surface area (Å²) >= 11 is 0.836. The monoisotopic (exact) mass is 1700 g/mol. The van der Waals surface area contributed by atoms with E-state index in [1.54, 1.807) is 149 Å². The minimum Gasteiger partial charge on any atom is -0.508 e. The lowest BCUT2D eigenvalue weighted by molar-refractivity contribution is -0.151. The second-order valence-electron chi connectivity index (χ2n) is 31.4. The first kappa shape index (κ1) is 96.4. The number of fused-ring (bicyclic) bond motifs is 1. The summed E-state index contributed by atoms with van der Waals surface area (Å²) in [6, 6.07) is 22.2. The third-order valence-electron chi connectivity index (χ3n) is 20.8. The van der Waals surface area contributed by atoms with Gasteiger partial charge in [-0.05, 0) is 77.6 Å². The number of hydrogen-bond donors (Lipinski definition) is 13. The van der Waals surface area contributed by atoms with Crippen LogP contribution >= 0.6 is 11.8 Å². The van der Waals surface area contributed by atoms with Gasteiger partial charge >= 0.3 is 5.97 Å². The summed E-state index contributed by atoms with van der Waals surface area (Å²) < 4.78 is 0. The molecule has 2 heterocycles. The molecule has 122 heavy (non-hydrogen) atoms. The number of nitrogens with one attached hydrogen (secondary N) is 10. The number of phenolic OH excluding ortho intramolecular Hbond substituents is 1. The van der Waals surface area contributed by atoms with E-state index in [9.17, 15) is 67.7 Å². The average molecular weight is 1700 g/mol. The van der Waals surface area contributed by atoms with E-state index >= 15 is 19.2 Å². The van der Waals surface area contributed by atoms with Crippen molar-refractivity contribution in [2.45, 2.75) is 172 Å². The Morgan fingerprint density at radius 2 is 0.984 bits per heavy atom. The highest BCUT2D eigenvalue weighted by atomic mass is 32.2. The number of para-hydroxylation sites is 1. The first-order chi connectivity index (χ1) is 57.9. The molecule has 1 fully saturated rings. The van der Waals surface area contributed by atoms with Gasteiger partial charge in [0.15, 0.2) is 0 Å². The van der Waals surface area contributed by atoms with Crippen LogP contribution in [-0.2, 0) is 109 Å². The van der Waals surface area contributed by atoms with Crippen LogP contribution in [0.1, 0.15) is 101 Å². The van der Waals surface area contributed by atoms with Crippen molar-refractivity contribution in [1.82, 2.24) is 77.3 Å². The molecule has 34 nitrogen and oxygen atoms in total. The van der Waals surface area contributed by atoms with Crippen molar-refractivity contribution < 1.29 is 86.9 Å². The van der Waals surface area contributed by atoms with Crippen LogP contribution in [0.2, 0.25) is 0 Å². The molecule has 0 aliphatic carbocycles. The average Bonchev–Trinajstić information content (AvgIpc) is 1.05. The number of likely N-dealkylation sites (N-methyl/N-ethyl adjacent to an activating group) is 5. The predicted molar refractivity (Wildman–Crippen MR) is 456 cm³/mol. The maximum atomic E-state index is 15.5. The van der Waals surface area contributed by atoms with E-state index in [0.29, 0.717) is 51.6 Å². The van der Waals surface area contributed by atoms with Crippen LogP contribution in [0, 0.1) is 11.8 Å². The highest BCUT2D eigenvalue weighted by Crippen LogP contribution is 2.24. The van der Waals surface area contributed by atoms with Crippen molar-refractivity contribution in [3.63, 3.8) is 0 Å². The number of nitrogens with zero attached hydrogens (tertiary/aromatic N) is 5. The number of aromatic hydroxyl groups is 1. The number of thioether (sulfide) groups is 1. The van der Waals surface area contributed by atoms with Crippen LogP contribution < -0.4 is 53.6 Å². The Morgan fingerprint density at radius 1 is 0.500 bits per heavy atom. The smallest absolute Gasteiger partial charge is 0.305 e. The molecule has 15 amide bonds. The standard InChI is InChI=1S/C87H114N16O18S/c1-12-13-33-68-85(119)100(8)48-73(107)93-65(44-75(109)110)81(115)98-76(52(4)5)87(121)102(10)69(41-55-27-19-15-20-28-55)82(116)91-53(6)83(117)99(7)47-72(106)92-64(43-58-45-89-61-32-24-23-31-60(58)61)80(114)96-63(39-57-34-36-59(104)37-35-57)79(113)95-62(38-51(2)3)78(112)97-67(77(111)90-46-71(88)105)49-122-50-74(108)94-66(40-54-25-17-14-18-26-54)84(118)103(11)70(86(120)101(68)9)42-56-29-21-16-22-30-56/h14-32,34-37,45,51-53,62-70,76,89,104H,12-13,33,38-44,46-50H2,1-11H3,(H2,88,105)(H,90,111)(H,91,116)(H,92,106)(H,93,107)(H,94,108)(H,95,113)(H,96,114)(H,97,112)(H,98,115)(H,109,110)/t53-,62-,63-,64-,65-,66-,67+,68-,69-,70-,76-/m0/s1. The number of aromatic nitrogens is 1. The summed E-state index contributed by atoms with van der Waals surface area (Å²) in [7, 11) is 6.57. The zero-order valence-corrected chi connectivity index (χ0v) is 71.4. The lowest BCUT2D eigenvalue weighted by Gasteiger charge is -2.37. The summed E-state index contributed by atoms with van der Waals surface area (Å²) in [5.74, 6) is -16.9. The third-order valence-corrected chi connectivity index (χ3v) is 21.8. The second kappa shape index (κ2) is 46.8. The van der Waals surface area contributed by atoms with Crippen LogP contribution in [0.25, 0.3) is 10.9 Å². The van der Waals surface area contributed by atoms with Gasteiger partial charge in [0.2, 0.25) is 88.6 Å². The quantitative estimate of drug-likeness (QED) is 0.0484. The van der Waals surface area contributed by atoms with Crippen LogP contribution in [0.15, 0.2) is 146 Å². The number of rotatable bonds is 21. The number of benzene rings is 5. The van der Waals surface area contributed by atoms with Gasteiger partial charge in [-0.3, -0.25) is 76.7 Å².